The fourth-order valence-electron chi connectivity index (χ4n) is 4.43. The fourth-order valence-corrected chi connectivity index (χ4v) is 4.43. The molecule has 2 aliphatic rings. The van der Waals surface area contributed by atoms with Crippen molar-refractivity contribution in [3.05, 3.63) is 53.5 Å². The second-order valence-electron chi connectivity index (χ2n) is 7.84. The summed E-state index contributed by atoms with van der Waals surface area (Å²) in [7, 11) is 0. The molecule has 0 unspecified atom stereocenters. The van der Waals surface area contributed by atoms with Crippen molar-refractivity contribution in [2.45, 2.75) is 37.8 Å². The molecule has 2 atom stereocenters. The lowest BCUT2D eigenvalue weighted by molar-refractivity contribution is -0.137. The molecule has 0 spiro atoms. The van der Waals surface area contributed by atoms with Crippen LogP contribution < -0.4 is 32.9 Å². The molecule has 4 amide bonds. The maximum atomic E-state index is 12.9. The molecule has 32 heavy (non-hydrogen) atoms. The summed E-state index contributed by atoms with van der Waals surface area (Å²) in [6.07, 6.45) is -0.148. The van der Waals surface area contributed by atoms with Crippen molar-refractivity contribution in [3.8, 4) is 0 Å². The van der Waals surface area contributed by atoms with Gasteiger partial charge in [0.2, 0.25) is 23.6 Å². The van der Waals surface area contributed by atoms with Crippen molar-refractivity contribution in [2.75, 3.05) is 0 Å². The number of hydrogen-bond acceptors (Lipinski definition) is 8. The van der Waals surface area contributed by atoms with E-state index in [0.717, 1.165) is 21.3 Å². The molecule has 0 bridgehead atoms. The van der Waals surface area contributed by atoms with Crippen molar-refractivity contribution in [1.29, 1.82) is 0 Å². The zero-order chi connectivity index (χ0) is 22.9. The number of amides is 4. The summed E-state index contributed by atoms with van der Waals surface area (Å²) in [5.74, 6) is -2.57. The van der Waals surface area contributed by atoms with E-state index in [0.29, 0.717) is 0 Å². The van der Waals surface area contributed by atoms with E-state index < -0.39 is 57.9 Å². The zero-order valence-corrected chi connectivity index (χ0v) is 16.3. The highest BCUT2D eigenvalue weighted by Gasteiger charge is 2.34. The van der Waals surface area contributed by atoms with Crippen LogP contribution in [0, 0.1) is 0 Å². The quantitative estimate of drug-likeness (QED) is 0.427. The number of carbonyl (C=O) groups excluding carboxylic acids is 4. The summed E-state index contributed by atoms with van der Waals surface area (Å²) in [5, 5.41) is 3.57. The minimum Gasteiger partial charge on any atom is -0.295 e. The van der Waals surface area contributed by atoms with Gasteiger partial charge in [0.25, 0.3) is 22.2 Å². The van der Waals surface area contributed by atoms with Gasteiger partial charge >= 0.3 is 0 Å². The number of imide groups is 2. The van der Waals surface area contributed by atoms with Crippen molar-refractivity contribution >= 4 is 45.2 Å². The number of hydrogen-bond donors (Lipinski definition) is 2. The third kappa shape index (κ3) is 2.62. The molecular formula is C20H14N4O8. The third-order valence-electron chi connectivity index (χ3n) is 6.00. The van der Waals surface area contributed by atoms with E-state index in [1.807, 2.05) is 0 Å². The predicted octanol–water partition coefficient (Wildman–Crippen LogP) is -2.13. The average molecular weight is 438 g/mol. The number of nitrogens with one attached hydrogen (secondary N) is 2. The highest BCUT2D eigenvalue weighted by molar-refractivity contribution is 6.02. The van der Waals surface area contributed by atoms with Crippen molar-refractivity contribution < 1.29 is 19.2 Å². The summed E-state index contributed by atoms with van der Waals surface area (Å²) >= 11 is 0. The van der Waals surface area contributed by atoms with E-state index in [1.54, 1.807) is 0 Å². The van der Waals surface area contributed by atoms with Gasteiger partial charge in [0.1, 0.15) is 12.1 Å². The molecule has 2 aromatic heterocycles. The SMILES string of the molecule is O=C1CC[C@@H](n2c(=O)c3cc4c(=O)n([C@H]5CCC(=O)NC5=O)c(=O)c4cc3c2=O)C(=O)N1. The molecule has 2 N–H and O–H groups in total. The summed E-state index contributed by atoms with van der Waals surface area (Å²) in [5.41, 5.74) is -3.27. The minimum absolute atomic E-state index is 0.0308. The first-order chi connectivity index (χ1) is 15.2. The van der Waals surface area contributed by atoms with E-state index in [4.69, 9.17) is 0 Å². The Labute approximate surface area is 176 Å². The molecule has 12 nitrogen and oxygen atoms in total. The van der Waals surface area contributed by atoms with Gasteiger partial charge in [0.05, 0.1) is 21.5 Å². The van der Waals surface area contributed by atoms with Gasteiger partial charge < -0.3 is 0 Å². The van der Waals surface area contributed by atoms with Crippen LogP contribution in [0.15, 0.2) is 31.3 Å². The van der Waals surface area contributed by atoms with Crippen molar-refractivity contribution in [1.82, 2.24) is 19.8 Å². The van der Waals surface area contributed by atoms with E-state index in [9.17, 15) is 38.4 Å². The first-order valence-corrected chi connectivity index (χ1v) is 9.80. The number of aromatic nitrogens is 2. The Balaban J connectivity index is 1.71. The lowest BCUT2D eigenvalue weighted by atomic mass is 10.1. The zero-order valence-electron chi connectivity index (χ0n) is 16.3. The number of piperidine rings is 2. The van der Waals surface area contributed by atoms with Crippen LogP contribution in [0.5, 0.6) is 0 Å². The van der Waals surface area contributed by atoms with Gasteiger partial charge in [-0.05, 0) is 25.0 Å². The van der Waals surface area contributed by atoms with Gasteiger partial charge in [-0.1, -0.05) is 0 Å². The summed E-state index contributed by atoms with van der Waals surface area (Å²) in [6, 6.07) is -0.131. The van der Waals surface area contributed by atoms with E-state index in [2.05, 4.69) is 10.6 Å². The maximum absolute atomic E-state index is 12.9. The first-order valence-electron chi connectivity index (χ1n) is 9.80. The standard InChI is InChI=1S/C20H14N4O8/c25-13-3-1-11(15(27)21-13)23-17(29)7-5-9-10(6-8(7)18(23)30)20(32)24(19(9)31)12-2-4-14(26)22-16(12)28/h5-6,11-12H,1-4H2,(H,21,25,27)(H,22,26,28)/t11-,12+. The van der Waals surface area contributed by atoms with Crippen molar-refractivity contribution in [3.63, 3.8) is 0 Å². The third-order valence-corrected chi connectivity index (χ3v) is 6.00. The molecule has 1 aromatic carbocycles. The Morgan fingerprint density at radius 1 is 0.562 bits per heavy atom. The Bertz CT molecular complexity index is 1410. The molecule has 5 rings (SSSR count). The monoisotopic (exact) mass is 438 g/mol. The van der Waals surface area contributed by atoms with Crippen LogP contribution in [-0.4, -0.2) is 32.8 Å². The molecule has 2 saturated heterocycles. The molecule has 2 aliphatic heterocycles. The Hall–Kier alpha value is -4.22. The van der Waals surface area contributed by atoms with E-state index >= 15 is 0 Å². The second kappa shape index (κ2) is 6.64. The molecule has 0 saturated carbocycles. The molecular weight excluding hydrogens is 424 g/mol. The number of fused-ring (bicyclic) bond motifs is 2. The topological polar surface area (TPSA) is 170 Å². The number of nitrogens with zero attached hydrogens (tertiary/aromatic N) is 2. The van der Waals surface area contributed by atoms with Gasteiger partial charge in [-0.3, -0.25) is 58.1 Å². The molecule has 4 heterocycles. The van der Waals surface area contributed by atoms with Gasteiger partial charge in [-0.2, -0.15) is 0 Å². The van der Waals surface area contributed by atoms with Gasteiger partial charge in [0.15, 0.2) is 0 Å². The normalized spacial score (nSPS) is 21.9. The van der Waals surface area contributed by atoms with E-state index in [1.165, 1.54) is 0 Å². The van der Waals surface area contributed by atoms with Crippen LogP contribution in [-0.2, 0) is 19.2 Å². The fraction of sp³-hybridized carbons (Fsp3) is 0.300. The number of rotatable bonds is 2. The number of carbonyl (C=O) groups is 4. The van der Waals surface area contributed by atoms with Gasteiger partial charge in [0, 0.05) is 12.8 Å². The second-order valence-corrected chi connectivity index (χ2v) is 7.84. The minimum atomic E-state index is -1.18. The first kappa shape index (κ1) is 19.7. The summed E-state index contributed by atoms with van der Waals surface area (Å²) in [6.45, 7) is 0. The molecule has 0 aliphatic carbocycles. The Kier molecular flexibility index (Phi) is 4.09. The highest BCUT2D eigenvalue weighted by atomic mass is 16.2. The van der Waals surface area contributed by atoms with Gasteiger partial charge in [-0.25, -0.2) is 0 Å². The Morgan fingerprint density at radius 2 is 0.875 bits per heavy atom. The smallest absolute Gasteiger partial charge is 0.262 e. The van der Waals surface area contributed by atoms with Crippen LogP contribution in [0.2, 0.25) is 0 Å². The van der Waals surface area contributed by atoms with Crippen LogP contribution in [0.1, 0.15) is 37.8 Å². The van der Waals surface area contributed by atoms with Crippen LogP contribution >= 0.6 is 0 Å². The molecule has 12 heteroatoms. The lowest BCUT2D eigenvalue weighted by Gasteiger charge is -2.20. The van der Waals surface area contributed by atoms with Crippen LogP contribution in [0.3, 0.4) is 0 Å². The van der Waals surface area contributed by atoms with Crippen LogP contribution in [0.4, 0.5) is 0 Å². The van der Waals surface area contributed by atoms with Crippen molar-refractivity contribution in [2.24, 2.45) is 0 Å². The Morgan fingerprint density at radius 3 is 1.16 bits per heavy atom. The average Bonchev–Trinajstić information content (AvgIpc) is 3.12. The van der Waals surface area contributed by atoms with E-state index in [-0.39, 0.29) is 47.2 Å². The maximum Gasteiger partial charge on any atom is 0.262 e. The molecule has 2 fully saturated rings. The summed E-state index contributed by atoms with van der Waals surface area (Å²) in [4.78, 5) is 98.8. The molecule has 0 radical (unpaired) electrons. The summed E-state index contributed by atoms with van der Waals surface area (Å²) < 4.78 is 1.46. The van der Waals surface area contributed by atoms with Crippen LogP contribution in [0.25, 0.3) is 21.5 Å². The highest BCUT2D eigenvalue weighted by Crippen LogP contribution is 2.22. The van der Waals surface area contributed by atoms with Gasteiger partial charge in [-0.15, -0.1) is 0 Å². The largest absolute Gasteiger partial charge is 0.295 e. The number of benzene rings is 1. The molecule has 162 valence electrons. The lowest BCUT2D eigenvalue weighted by Crippen LogP contribution is -2.46. The molecule has 3 aromatic rings. The predicted molar refractivity (Wildman–Crippen MR) is 108 cm³/mol.